The Morgan fingerprint density at radius 2 is 2.17 bits per heavy atom. The molecule has 98 valence electrons. The van der Waals surface area contributed by atoms with Crippen LogP contribution in [0, 0.1) is 0 Å². The zero-order chi connectivity index (χ0) is 13.3. The van der Waals surface area contributed by atoms with Crippen LogP contribution in [0.3, 0.4) is 0 Å². The Hall–Kier alpha value is -1.29. The second-order valence-corrected chi connectivity index (χ2v) is 4.90. The molecular weight excluding hydrogens is 236 g/mol. The molecule has 2 rings (SSSR count). The van der Waals surface area contributed by atoms with Gasteiger partial charge in [0.25, 0.3) is 5.92 Å². The van der Waals surface area contributed by atoms with Gasteiger partial charge in [0.1, 0.15) is 0 Å². The van der Waals surface area contributed by atoms with Crippen molar-refractivity contribution in [2.75, 3.05) is 13.6 Å². The summed E-state index contributed by atoms with van der Waals surface area (Å²) in [6.45, 7) is 2.09. The summed E-state index contributed by atoms with van der Waals surface area (Å²) in [6, 6.07) is 5.04. The first-order valence-corrected chi connectivity index (χ1v) is 6.12. The molecule has 1 aliphatic heterocycles. The van der Waals surface area contributed by atoms with Crippen LogP contribution < -0.4 is 0 Å². The van der Waals surface area contributed by atoms with Gasteiger partial charge in [0, 0.05) is 11.1 Å². The van der Waals surface area contributed by atoms with E-state index in [0.29, 0.717) is 18.5 Å². The summed E-state index contributed by atoms with van der Waals surface area (Å²) in [7, 11) is 1.72. The number of rotatable bonds is 3. The molecule has 1 atom stereocenters. The fraction of sp³-hybridized carbons (Fsp3) is 0.500. The lowest BCUT2D eigenvalue weighted by molar-refractivity contribution is -0.0696. The predicted octanol–water partition coefficient (Wildman–Crippen LogP) is 3.08. The van der Waals surface area contributed by atoms with E-state index in [1.807, 2.05) is 0 Å². The van der Waals surface area contributed by atoms with E-state index in [1.165, 1.54) is 25.1 Å². The second-order valence-electron chi connectivity index (χ2n) is 4.90. The number of hydrogen-bond donors (Lipinski definition) is 0. The normalized spacial score (nSPS) is 21.2. The molecule has 0 radical (unpaired) electrons. The molecule has 0 spiro atoms. The number of Topliss-reactive ketones (excluding diaryl/α,β-unsaturated/α-hetero) is 1. The fourth-order valence-electron chi connectivity index (χ4n) is 2.51. The van der Waals surface area contributed by atoms with Gasteiger partial charge in [-0.2, -0.15) is 8.78 Å². The Morgan fingerprint density at radius 3 is 2.72 bits per heavy atom. The number of carbonyl (C=O) groups excluding carboxylic acids is 1. The Kier molecular flexibility index (Phi) is 3.48. The lowest BCUT2D eigenvalue weighted by Gasteiger charge is -2.29. The van der Waals surface area contributed by atoms with Crippen molar-refractivity contribution in [1.29, 1.82) is 0 Å². The molecule has 1 unspecified atom stereocenters. The van der Waals surface area contributed by atoms with Crippen molar-refractivity contribution >= 4 is 5.78 Å². The molecule has 1 aromatic rings. The van der Waals surface area contributed by atoms with Crippen molar-refractivity contribution in [2.45, 2.75) is 31.7 Å². The summed E-state index contributed by atoms with van der Waals surface area (Å²) in [5.41, 5.74) is 0.279. The van der Waals surface area contributed by atoms with Crippen LogP contribution in [0.5, 0.6) is 0 Å². The minimum atomic E-state index is -2.91. The van der Waals surface area contributed by atoms with Gasteiger partial charge < -0.3 is 0 Å². The minimum absolute atomic E-state index is 0.0612. The molecule has 0 aliphatic carbocycles. The first kappa shape index (κ1) is 13.1. The van der Waals surface area contributed by atoms with Crippen molar-refractivity contribution in [3.8, 4) is 0 Å². The lowest BCUT2D eigenvalue weighted by atomic mass is 9.97. The Labute approximate surface area is 106 Å². The molecule has 0 N–H and O–H groups in total. The van der Waals surface area contributed by atoms with Crippen LogP contribution in [0.15, 0.2) is 24.3 Å². The lowest BCUT2D eigenvalue weighted by Crippen LogP contribution is -2.39. The Balaban J connectivity index is 2.34. The van der Waals surface area contributed by atoms with Crippen molar-refractivity contribution in [2.24, 2.45) is 0 Å². The summed E-state index contributed by atoms with van der Waals surface area (Å²) in [5.74, 6) is -3.09. The minimum Gasteiger partial charge on any atom is -0.298 e. The summed E-state index contributed by atoms with van der Waals surface area (Å²) in [5, 5.41) is 0. The maximum atomic E-state index is 14.4. The van der Waals surface area contributed by atoms with Gasteiger partial charge in [-0.25, -0.2) is 0 Å². The molecule has 4 heteroatoms. The summed E-state index contributed by atoms with van der Waals surface area (Å²) >= 11 is 0. The second kappa shape index (κ2) is 4.76. The first-order chi connectivity index (χ1) is 8.43. The standard InChI is InChI=1S/C14H17F2NO/c1-10(18)11-5-3-6-12(9-11)14(15,16)13-7-4-8-17(13)2/h3,5-6,9,13H,4,7-8H2,1-2H3. The fourth-order valence-corrected chi connectivity index (χ4v) is 2.51. The van der Waals surface area contributed by atoms with Gasteiger partial charge in [-0.15, -0.1) is 0 Å². The van der Waals surface area contributed by atoms with E-state index < -0.39 is 12.0 Å². The average Bonchev–Trinajstić information content (AvgIpc) is 2.76. The highest BCUT2D eigenvalue weighted by Gasteiger charge is 2.45. The highest BCUT2D eigenvalue weighted by atomic mass is 19.3. The summed E-state index contributed by atoms with van der Waals surface area (Å²) in [4.78, 5) is 12.9. The van der Waals surface area contributed by atoms with Crippen molar-refractivity contribution in [3.63, 3.8) is 0 Å². The molecule has 1 saturated heterocycles. The van der Waals surface area contributed by atoms with E-state index in [4.69, 9.17) is 0 Å². The number of alkyl halides is 2. The van der Waals surface area contributed by atoms with E-state index in [9.17, 15) is 13.6 Å². The van der Waals surface area contributed by atoms with Gasteiger partial charge in [-0.3, -0.25) is 9.69 Å². The number of likely N-dealkylation sites (N-methyl/N-ethyl adjacent to an activating group) is 1. The van der Waals surface area contributed by atoms with Crippen molar-refractivity contribution in [3.05, 3.63) is 35.4 Å². The number of halogens is 2. The molecule has 1 aliphatic rings. The molecule has 1 fully saturated rings. The van der Waals surface area contributed by atoms with Crippen LogP contribution in [0.4, 0.5) is 8.78 Å². The number of ketones is 1. The number of hydrogen-bond acceptors (Lipinski definition) is 2. The average molecular weight is 253 g/mol. The monoisotopic (exact) mass is 253 g/mol. The van der Waals surface area contributed by atoms with Crippen LogP contribution in [-0.2, 0) is 5.92 Å². The van der Waals surface area contributed by atoms with E-state index in [0.717, 1.165) is 6.42 Å². The van der Waals surface area contributed by atoms with Gasteiger partial charge in [-0.1, -0.05) is 18.2 Å². The van der Waals surface area contributed by atoms with Gasteiger partial charge in [0.05, 0.1) is 6.04 Å². The highest BCUT2D eigenvalue weighted by molar-refractivity contribution is 5.94. The predicted molar refractivity (Wildman–Crippen MR) is 66.0 cm³/mol. The van der Waals surface area contributed by atoms with E-state index in [-0.39, 0.29) is 11.3 Å². The van der Waals surface area contributed by atoms with Gasteiger partial charge >= 0.3 is 0 Å². The third-order valence-corrected chi connectivity index (χ3v) is 3.59. The number of nitrogens with zero attached hydrogens (tertiary/aromatic N) is 1. The molecule has 0 saturated carbocycles. The topological polar surface area (TPSA) is 20.3 Å². The van der Waals surface area contributed by atoms with Gasteiger partial charge in [-0.05, 0) is 39.4 Å². The van der Waals surface area contributed by atoms with Crippen LogP contribution in [0.2, 0.25) is 0 Å². The van der Waals surface area contributed by atoms with E-state index >= 15 is 0 Å². The van der Waals surface area contributed by atoms with Crippen molar-refractivity contribution in [1.82, 2.24) is 4.90 Å². The zero-order valence-electron chi connectivity index (χ0n) is 10.6. The summed E-state index contributed by atoms with van der Waals surface area (Å²) in [6.07, 6.45) is 1.29. The van der Waals surface area contributed by atoms with E-state index in [1.54, 1.807) is 18.0 Å². The zero-order valence-corrected chi connectivity index (χ0v) is 10.6. The quantitative estimate of drug-likeness (QED) is 0.772. The largest absolute Gasteiger partial charge is 0.298 e. The molecule has 2 nitrogen and oxygen atoms in total. The van der Waals surface area contributed by atoms with Crippen LogP contribution >= 0.6 is 0 Å². The maximum absolute atomic E-state index is 14.4. The SMILES string of the molecule is CC(=O)c1cccc(C(F)(F)C2CCCN2C)c1. The number of benzene rings is 1. The van der Waals surface area contributed by atoms with Crippen LogP contribution in [0.1, 0.15) is 35.7 Å². The molecule has 0 bridgehead atoms. The number of likely N-dealkylation sites (tertiary alicyclic amines) is 1. The van der Waals surface area contributed by atoms with Crippen molar-refractivity contribution < 1.29 is 13.6 Å². The molecule has 1 aromatic carbocycles. The molecule has 1 heterocycles. The third-order valence-electron chi connectivity index (χ3n) is 3.59. The van der Waals surface area contributed by atoms with Crippen LogP contribution in [-0.4, -0.2) is 30.3 Å². The van der Waals surface area contributed by atoms with E-state index in [2.05, 4.69) is 0 Å². The molecular formula is C14H17F2NO. The summed E-state index contributed by atoms with van der Waals surface area (Å²) < 4.78 is 28.8. The Bertz CT molecular complexity index is 459. The smallest absolute Gasteiger partial charge is 0.288 e. The third kappa shape index (κ3) is 2.29. The Morgan fingerprint density at radius 1 is 1.44 bits per heavy atom. The first-order valence-electron chi connectivity index (χ1n) is 6.12. The van der Waals surface area contributed by atoms with Gasteiger partial charge in [0.2, 0.25) is 0 Å². The number of carbonyl (C=O) groups is 1. The molecule has 18 heavy (non-hydrogen) atoms. The maximum Gasteiger partial charge on any atom is 0.288 e. The molecule has 0 amide bonds. The van der Waals surface area contributed by atoms with Gasteiger partial charge in [0.15, 0.2) is 5.78 Å². The van der Waals surface area contributed by atoms with Crippen LogP contribution in [0.25, 0.3) is 0 Å². The highest BCUT2D eigenvalue weighted by Crippen LogP contribution is 2.39. The molecule has 0 aromatic heterocycles.